The van der Waals surface area contributed by atoms with Gasteiger partial charge in [0.1, 0.15) is 0 Å². The Morgan fingerprint density at radius 2 is 1.64 bits per heavy atom. The summed E-state index contributed by atoms with van der Waals surface area (Å²) in [6.45, 7) is 6.34. The SMILES string of the molecule is CCC(C)c1ccc(C(C)C#N)cc1. The highest BCUT2D eigenvalue weighted by Crippen LogP contribution is 2.21. The third kappa shape index (κ3) is 2.35. The van der Waals surface area contributed by atoms with Gasteiger partial charge in [0.15, 0.2) is 0 Å². The molecule has 14 heavy (non-hydrogen) atoms. The van der Waals surface area contributed by atoms with Crippen LogP contribution in [0.15, 0.2) is 24.3 Å². The molecule has 1 nitrogen and oxygen atoms in total. The standard InChI is InChI=1S/C13H17N/c1-4-10(2)12-5-7-13(8-6-12)11(3)9-14/h5-8,10-11H,4H2,1-3H3. The summed E-state index contributed by atoms with van der Waals surface area (Å²) in [4.78, 5) is 0. The Balaban J connectivity index is 2.84. The van der Waals surface area contributed by atoms with Crippen LogP contribution in [0.4, 0.5) is 0 Å². The zero-order valence-corrected chi connectivity index (χ0v) is 9.12. The minimum Gasteiger partial charge on any atom is -0.198 e. The lowest BCUT2D eigenvalue weighted by Crippen LogP contribution is -1.93. The molecule has 0 amide bonds. The van der Waals surface area contributed by atoms with Crippen molar-refractivity contribution in [2.45, 2.75) is 39.0 Å². The van der Waals surface area contributed by atoms with Crippen LogP contribution >= 0.6 is 0 Å². The third-order valence-electron chi connectivity index (χ3n) is 2.81. The van der Waals surface area contributed by atoms with Crippen LogP contribution in [0, 0.1) is 11.3 Å². The van der Waals surface area contributed by atoms with E-state index in [1.807, 2.05) is 6.92 Å². The molecule has 1 aromatic carbocycles. The first-order chi connectivity index (χ1) is 6.69. The number of rotatable bonds is 3. The van der Waals surface area contributed by atoms with E-state index in [9.17, 15) is 0 Å². The van der Waals surface area contributed by atoms with Gasteiger partial charge in [-0.05, 0) is 30.4 Å². The van der Waals surface area contributed by atoms with Gasteiger partial charge in [-0.1, -0.05) is 38.1 Å². The Morgan fingerprint density at radius 3 is 2.07 bits per heavy atom. The van der Waals surface area contributed by atoms with Crippen LogP contribution in [0.3, 0.4) is 0 Å². The van der Waals surface area contributed by atoms with Gasteiger partial charge < -0.3 is 0 Å². The minimum atomic E-state index is 0.000910. The topological polar surface area (TPSA) is 23.8 Å². The molecule has 74 valence electrons. The first kappa shape index (κ1) is 10.8. The third-order valence-corrected chi connectivity index (χ3v) is 2.81. The van der Waals surface area contributed by atoms with Crippen molar-refractivity contribution < 1.29 is 0 Å². The molecule has 0 saturated carbocycles. The van der Waals surface area contributed by atoms with Crippen LogP contribution in [0.25, 0.3) is 0 Å². The second-order valence-corrected chi connectivity index (χ2v) is 3.83. The molecule has 1 heteroatoms. The van der Waals surface area contributed by atoms with E-state index in [-0.39, 0.29) is 5.92 Å². The summed E-state index contributed by atoms with van der Waals surface area (Å²) in [5.74, 6) is 0.613. The number of benzene rings is 1. The van der Waals surface area contributed by atoms with E-state index < -0.39 is 0 Å². The predicted octanol–water partition coefficient (Wildman–Crippen LogP) is 3.83. The zero-order valence-electron chi connectivity index (χ0n) is 9.12. The molecule has 2 atom stereocenters. The maximum Gasteiger partial charge on any atom is 0.0700 e. The van der Waals surface area contributed by atoms with Gasteiger partial charge in [-0.2, -0.15) is 5.26 Å². The molecule has 0 aliphatic rings. The van der Waals surface area contributed by atoms with Gasteiger partial charge in [0.05, 0.1) is 12.0 Å². The van der Waals surface area contributed by atoms with Crippen molar-refractivity contribution in [3.05, 3.63) is 35.4 Å². The Kier molecular flexibility index (Phi) is 3.71. The Morgan fingerprint density at radius 1 is 1.14 bits per heavy atom. The summed E-state index contributed by atoms with van der Waals surface area (Å²) in [5.41, 5.74) is 2.47. The molecule has 2 unspecified atom stereocenters. The predicted molar refractivity (Wildman–Crippen MR) is 59.2 cm³/mol. The van der Waals surface area contributed by atoms with Gasteiger partial charge in [-0.25, -0.2) is 0 Å². The highest BCUT2D eigenvalue weighted by Gasteiger charge is 2.05. The van der Waals surface area contributed by atoms with Crippen LogP contribution in [0.2, 0.25) is 0 Å². The molecule has 1 aromatic rings. The van der Waals surface area contributed by atoms with Crippen LogP contribution < -0.4 is 0 Å². The molecule has 0 heterocycles. The van der Waals surface area contributed by atoms with Gasteiger partial charge in [0, 0.05) is 0 Å². The highest BCUT2D eigenvalue weighted by molar-refractivity contribution is 5.29. The first-order valence-corrected chi connectivity index (χ1v) is 5.18. The summed E-state index contributed by atoms with van der Waals surface area (Å²) in [6, 6.07) is 10.6. The molecule has 0 N–H and O–H groups in total. The summed E-state index contributed by atoms with van der Waals surface area (Å²) in [6.07, 6.45) is 1.16. The number of nitriles is 1. The first-order valence-electron chi connectivity index (χ1n) is 5.18. The summed E-state index contributed by atoms with van der Waals surface area (Å²) in [7, 11) is 0. The van der Waals surface area contributed by atoms with E-state index in [4.69, 9.17) is 5.26 Å². The fourth-order valence-corrected chi connectivity index (χ4v) is 1.42. The van der Waals surface area contributed by atoms with Crippen LogP contribution in [-0.4, -0.2) is 0 Å². The summed E-state index contributed by atoms with van der Waals surface area (Å²) in [5, 5.41) is 8.76. The van der Waals surface area contributed by atoms with Crippen molar-refractivity contribution in [2.75, 3.05) is 0 Å². The maximum atomic E-state index is 8.76. The summed E-state index contributed by atoms with van der Waals surface area (Å²) < 4.78 is 0. The molecular formula is C13H17N. The van der Waals surface area contributed by atoms with Crippen molar-refractivity contribution in [1.29, 1.82) is 5.26 Å². The highest BCUT2D eigenvalue weighted by atomic mass is 14.3. The fraction of sp³-hybridized carbons (Fsp3) is 0.462. The van der Waals surface area contributed by atoms with Crippen molar-refractivity contribution in [2.24, 2.45) is 0 Å². The molecule has 0 radical (unpaired) electrons. The number of hydrogen-bond acceptors (Lipinski definition) is 1. The minimum absolute atomic E-state index is 0.000910. The van der Waals surface area contributed by atoms with Crippen molar-refractivity contribution in [3.63, 3.8) is 0 Å². The smallest absolute Gasteiger partial charge is 0.0700 e. The second-order valence-electron chi connectivity index (χ2n) is 3.83. The molecule has 0 saturated heterocycles. The van der Waals surface area contributed by atoms with E-state index in [2.05, 4.69) is 44.2 Å². The normalized spacial score (nSPS) is 14.4. The van der Waals surface area contributed by atoms with Crippen molar-refractivity contribution >= 4 is 0 Å². The molecule has 0 spiro atoms. The monoisotopic (exact) mass is 187 g/mol. The van der Waals surface area contributed by atoms with Crippen molar-refractivity contribution in [3.8, 4) is 6.07 Å². The zero-order chi connectivity index (χ0) is 10.6. The van der Waals surface area contributed by atoms with Crippen LogP contribution in [0.1, 0.15) is 50.2 Å². The van der Waals surface area contributed by atoms with Gasteiger partial charge in [0.25, 0.3) is 0 Å². The molecule has 0 aliphatic carbocycles. The molecule has 0 aliphatic heterocycles. The number of nitrogens with zero attached hydrogens (tertiary/aromatic N) is 1. The second kappa shape index (κ2) is 4.81. The van der Waals surface area contributed by atoms with Crippen molar-refractivity contribution in [1.82, 2.24) is 0 Å². The summed E-state index contributed by atoms with van der Waals surface area (Å²) >= 11 is 0. The van der Waals surface area contributed by atoms with Crippen LogP contribution in [-0.2, 0) is 0 Å². The molecule has 0 fully saturated rings. The number of hydrogen-bond donors (Lipinski definition) is 0. The average Bonchev–Trinajstić information content (AvgIpc) is 2.27. The van der Waals surface area contributed by atoms with E-state index in [1.165, 1.54) is 5.56 Å². The van der Waals surface area contributed by atoms with E-state index in [0.29, 0.717) is 5.92 Å². The Labute approximate surface area is 86.4 Å². The lowest BCUT2D eigenvalue weighted by atomic mass is 9.95. The van der Waals surface area contributed by atoms with Gasteiger partial charge in [-0.3, -0.25) is 0 Å². The fourth-order valence-electron chi connectivity index (χ4n) is 1.42. The van der Waals surface area contributed by atoms with E-state index >= 15 is 0 Å². The quantitative estimate of drug-likeness (QED) is 0.705. The van der Waals surface area contributed by atoms with Gasteiger partial charge in [0.2, 0.25) is 0 Å². The lowest BCUT2D eigenvalue weighted by Gasteiger charge is -2.10. The van der Waals surface area contributed by atoms with E-state index in [0.717, 1.165) is 12.0 Å². The van der Waals surface area contributed by atoms with E-state index in [1.54, 1.807) is 0 Å². The Hall–Kier alpha value is -1.29. The average molecular weight is 187 g/mol. The maximum absolute atomic E-state index is 8.76. The Bertz CT molecular complexity index is 318. The largest absolute Gasteiger partial charge is 0.198 e. The molecular weight excluding hydrogens is 170 g/mol. The van der Waals surface area contributed by atoms with Gasteiger partial charge in [-0.15, -0.1) is 0 Å². The van der Waals surface area contributed by atoms with Gasteiger partial charge >= 0.3 is 0 Å². The van der Waals surface area contributed by atoms with Crippen LogP contribution in [0.5, 0.6) is 0 Å². The molecule has 0 bridgehead atoms. The molecule has 0 aromatic heterocycles. The molecule has 1 rings (SSSR count). The lowest BCUT2D eigenvalue weighted by molar-refractivity contribution is 0.732.